The summed E-state index contributed by atoms with van der Waals surface area (Å²) in [6, 6.07) is 10.9. The largest absolute Gasteiger partial charge is 0.497 e. The monoisotopic (exact) mass is 279 g/mol. The molecule has 4 heteroatoms. The van der Waals surface area contributed by atoms with Crippen molar-refractivity contribution >= 4 is 15.9 Å². The summed E-state index contributed by atoms with van der Waals surface area (Å²) >= 11 is 3.21. The topological polar surface area (TPSA) is 31.2 Å². The Bertz CT molecular complexity index is 563. The average molecular weight is 280 g/mol. The quantitative estimate of drug-likeness (QED) is 0.846. The molecule has 0 N–H and O–H groups in total. The Balaban J connectivity index is 2.59. The number of ether oxygens (including phenoxy) is 1. The van der Waals surface area contributed by atoms with Gasteiger partial charge in [0.25, 0.3) is 5.56 Å². The van der Waals surface area contributed by atoms with Crippen molar-refractivity contribution in [2.24, 2.45) is 0 Å². The van der Waals surface area contributed by atoms with E-state index in [4.69, 9.17) is 4.74 Å². The van der Waals surface area contributed by atoms with Gasteiger partial charge in [0.1, 0.15) is 5.75 Å². The van der Waals surface area contributed by atoms with Gasteiger partial charge in [-0.05, 0) is 40.2 Å². The number of methoxy groups -OCH3 is 1. The molecular formula is C12H10BrNO2. The van der Waals surface area contributed by atoms with Crippen LogP contribution in [0.5, 0.6) is 5.75 Å². The van der Waals surface area contributed by atoms with E-state index in [1.54, 1.807) is 23.9 Å². The number of hydrogen-bond acceptors (Lipinski definition) is 2. The first-order chi connectivity index (χ1) is 7.72. The second-order valence-corrected chi connectivity index (χ2v) is 4.09. The van der Waals surface area contributed by atoms with Gasteiger partial charge in [0.2, 0.25) is 0 Å². The Morgan fingerprint density at radius 2 is 2.06 bits per heavy atom. The zero-order chi connectivity index (χ0) is 11.5. The van der Waals surface area contributed by atoms with Gasteiger partial charge in [-0.25, -0.2) is 0 Å². The Morgan fingerprint density at radius 3 is 2.81 bits per heavy atom. The molecule has 0 radical (unpaired) electrons. The summed E-state index contributed by atoms with van der Waals surface area (Å²) in [5.41, 5.74) is 0.696. The van der Waals surface area contributed by atoms with Crippen molar-refractivity contribution in [3.8, 4) is 11.4 Å². The summed E-state index contributed by atoms with van der Waals surface area (Å²) in [5, 5.41) is 0. The van der Waals surface area contributed by atoms with Crippen LogP contribution >= 0.6 is 15.9 Å². The molecule has 0 amide bonds. The molecular weight excluding hydrogens is 270 g/mol. The maximum atomic E-state index is 11.8. The third kappa shape index (κ3) is 2.02. The van der Waals surface area contributed by atoms with E-state index >= 15 is 0 Å². The zero-order valence-corrected chi connectivity index (χ0v) is 10.3. The van der Waals surface area contributed by atoms with E-state index in [0.29, 0.717) is 4.47 Å². The van der Waals surface area contributed by atoms with Crippen LogP contribution in [-0.4, -0.2) is 11.7 Å². The lowest BCUT2D eigenvalue weighted by Gasteiger charge is -2.07. The van der Waals surface area contributed by atoms with E-state index in [9.17, 15) is 4.79 Å². The van der Waals surface area contributed by atoms with Gasteiger partial charge < -0.3 is 4.74 Å². The molecule has 0 fully saturated rings. The van der Waals surface area contributed by atoms with E-state index in [2.05, 4.69) is 15.9 Å². The molecule has 0 aliphatic heterocycles. The highest BCUT2D eigenvalue weighted by atomic mass is 79.9. The van der Waals surface area contributed by atoms with Crippen LogP contribution in [-0.2, 0) is 0 Å². The van der Waals surface area contributed by atoms with E-state index < -0.39 is 0 Å². The van der Waals surface area contributed by atoms with Crippen LogP contribution in [0.25, 0.3) is 5.69 Å². The van der Waals surface area contributed by atoms with Crippen molar-refractivity contribution in [3.63, 3.8) is 0 Å². The molecule has 0 saturated heterocycles. The summed E-state index contributed by atoms with van der Waals surface area (Å²) in [6.07, 6.45) is 1.72. The molecule has 82 valence electrons. The predicted octanol–water partition coefficient (Wildman–Crippen LogP) is 2.61. The number of halogens is 1. The normalized spacial score (nSPS) is 10.1. The molecule has 0 unspecified atom stereocenters. The molecule has 1 aromatic heterocycles. The molecule has 1 heterocycles. The molecule has 0 aliphatic carbocycles. The number of nitrogens with zero attached hydrogens (tertiary/aromatic N) is 1. The summed E-state index contributed by atoms with van der Waals surface area (Å²) in [7, 11) is 1.60. The van der Waals surface area contributed by atoms with Crippen molar-refractivity contribution in [2.75, 3.05) is 7.11 Å². The highest BCUT2D eigenvalue weighted by molar-refractivity contribution is 9.10. The van der Waals surface area contributed by atoms with Crippen LogP contribution in [0.4, 0.5) is 0 Å². The fourth-order valence-electron chi connectivity index (χ4n) is 1.43. The molecule has 2 aromatic rings. The third-order valence-electron chi connectivity index (χ3n) is 2.23. The van der Waals surface area contributed by atoms with Crippen molar-refractivity contribution in [1.82, 2.24) is 4.57 Å². The van der Waals surface area contributed by atoms with Crippen LogP contribution in [0, 0.1) is 0 Å². The second-order valence-electron chi connectivity index (χ2n) is 3.23. The second kappa shape index (κ2) is 4.53. The summed E-state index contributed by atoms with van der Waals surface area (Å²) in [4.78, 5) is 11.8. The van der Waals surface area contributed by atoms with Crippen molar-refractivity contribution in [3.05, 3.63) is 57.4 Å². The Kier molecular flexibility index (Phi) is 3.10. The fraction of sp³-hybridized carbons (Fsp3) is 0.0833. The minimum Gasteiger partial charge on any atom is -0.497 e. The van der Waals surface area contributed by atoms with Crippen LogP contribution < -0.4 is 10.3 Å². The number of rotatable bonds is 2. The van der Waals surface area contributed by atoms with E-state index in [-0.39, 0.29) is 5.56 Å². The van der Waals surface area contributed by atoms with E-state index in [1.807, 2.05) is 30.3 Å². The highest BCUT2D eigenvalue weighted by Crippen LogP contribution is 2.15. The molecule has 0 bridgehead atoms. The summed E-state index contributed by atoms with van der Waals surface area (Å²) < 4.78 is 7.22. The third-order valence-corrected chi connectivity index (χ3v) is 2.84. The molecule has 16 heavy (non-hydrogen) atoms. The van der Waals surface area contributed by atoms with Gasteiger partial charge in [0.05, 0.1) is 17.3 Å². The molecule has 0 spiro atoms. The van der Waals surface area contributed by atoms with E-state index in [0.717, 1.165) is 11.4 Å². The molecule has 1 aromatic carbocycles. The Hall–Kier alpha value is -1.55. The minimum atomic E-state index is -0.0873. The molecule has 0 atom stereocenters. The van der Waals surface area contributed by atoms with Gasteiger partial charge in [-0.2, -0.15) is 0 Å². The van der Waals surface area contributed by atoms with Gasteiger partial charge in [0.15, 0.2) is 0 Å². The summed E-state index contributed by atoms with van der Waals surface area (Å²) in [6.45, 7) is 0. The lowest BCUT2D eigenvalue weighted by Crippen LogP contribution is -2.17. The lowest BCUT2D eigenvalue weighted by molar-refractivity contribution is 0.414. The molecule has 3 nitrogen and oxygen atoms in total. The van der Waals surface area contributed by atoms with Crippen LogP contribution in [0.3, 0.4) is 0 Å². The molecule has 0 aliphatic rings. The van der Waals surface area contributed by atoms with E-state index in [1.165, 1.54) is 0 Å². The number of hydrogen-bond donors (Lipinski definition) is 0. The van der Waals surface area contributed by atoms with Crippen molar-refractivity contribution in [1.29, 1.82) is 0 Å². The lowest BCUT2D eigenvalue weighted by atomic mass is 10.3. The average Bonchev–Trinajstić information content (AvgIpc) is 2.33. The van der Waals surface area contributed by atoms with Gasteiger partial charge in [-0.1, -0.05) is 6.07 Å². The molecule has 2 rings (SSSR count). The maximum Gasteiger partial charge on any atom is 0.269 e. The number of aromatic nitrogens is 1. The first kappa shape index (κ1) is 11.0. The van der Waals surface area contributed by atoms with Crippen LogP contribution in [0.15, 0.2) is 51.9 Å². The van der Waals surface area contributed by atoms with Crippen molar-refractivity contribution in [2.45, 2.75) is 0 Å². The Labute approximate surface area is 101 Å². The minimum absolute atomic E-state index is 0.0873. The Morgan fingerprint density at radius 1 is 1.25 bits per heavy atom. The predicted molar refractivity (Wildman–Crippen MR) is 66.3 cm³/mol. The maximum absolute atomic E-state index is 11.8. The summed E-state index contributed by atoms with van der Waals surface area (Å²) in [5.74, 6) is 0.726. The SMILES string of the molecule is COc1cccc(-n2cccc(Br)c2=O)c1. The molecule has 0 saturated carbocycles. The smallest absolute Gasteiger partial charge is 0.269 e. The van der Waals surface area contributed by atoms with Crippen LogP contribution in [0.1, 0.15) is 0 Å². The van der Waals surface area contributed by atoms with Crippen molar-refractivity contribution < 1.29 is 4.74 Å². The number of benzene rings is 1. The van der Waals surface area contributed by atoms with Gasteiger partial charge in [-0.3, -0.25) is 9.36 Å². The van der Waals surface area contributed by atoms with Gasteiger partial charge in [0, 0.05) is 12.3 Å². The van der Waals surface area contributed by atoms with Crippen LogP contribution in [0.2, 0.25) is 0 Å². The first-order valence-electron chi connectivity index (χ1n) is 4.74. The zero-order valence-electron chi connectivity index (χ0n) is 8.68. The highest BCUT2D eigenvalue weighted by Gasteiger charge is 2.03. The fourth-order valence-corrected chi connectivity index (χ4v) is 1.77. The standard InChI is InChI=1S/C12H10BrNO2/c1-16-10-5-2-4-9(8-10)14-7-3-6-11(13)12(14)15/h2-8H,1H3. The first-order valence-corrected chi connectivity index (χ1v) is 5.53. The van der Waals surface area contributed by atoms with Gasteiger partial charge >= 0.3 is 0 Å². The number of pyridine rings is 1. The van der Waals surface area contributed by atoms with Gasteiger partial charge in [-0.15, -0.1) is 0 Å².